The van der Waals surface area contributed by atoms with Crippen LogP contribution in [-0.4, -0.2) is 22.3 Å². The minimum Gasteiger partial charge on any atom is -0.327 e. The number of nitrogens with zero attached hydrogens (tertiary/aromatic N) is 2. The van der Waals surface area contributed by atoms with Crippen LogP contribution < -0.4 is 0 Å². The standard InChI is InChI=1S/C15H18N2O/c1-3-4-15(18)17(10-13-7-8-13)11-14-6-5-12(2)16-9-14/h5-6,9,13H,7-8,10-11H2,1-2H3. The number of pyridine rings is 1. The van der Waals surface area contributed by atoms with E-state index in [1.54, 1.807) is 6.92 Å². The molecule has 0 saturated heterocycles. The van der Waals surface area contributed by atoms with E-state index in [1.807, 2.05) is 30.2 Å². The maximum Gasteiger partial charge on any atom is 0.298 e. The van der Waals surface area contributed by atoms with Gasteiger partial charge in [-0.1, -0.05) is 12.0 Å². The largest absolute Gasteiger partial charge is 0.327 e. The Kier molecular flexibility index (Phi) is 3.99. The first-order valence-corrected chi connectivity index (χ1v) is 6.32. The van der Waals surface area contributed by atoms with Gasteiger partial charge in [-0.15, -0.1) is 0 Å². The quantitative estimate of drug-likeness (QED) is 0.758. The molecule has 94 valence electrons. The molecule has 2 rings (SSSR count). The molecule has 0 N–H and O–H groups in total. The highest BCUT2D eigenvalue weighted by Crippen LogP contribution is 2.30. The fraction of sp³-hybridized carbons (Fsp3) is 0.467. The smallest absolute Gasteiger partial charge is 0.298 e. The van der Waals surface area contributed by atoms with Gasteiger partial charge in [0.1, 0.15) is 0 Å². The van der Waals surface area contributed by atoms with Crippen molar-refractivity contribution in [2.45, 2.75) is 33.2 Å². The number of hydrogen-bond donors (Lipinski definition) is 0. The Bertz CT molecular complexity index is 477. The third-order valence-corrected chi connectivity index (χ3v) is 3.04. The molecule has 3 nitrogen and oxygen atoms in total. The molecule has 0 radical (unpaired) electrons. The van der Waals surface area contributed by atoms with Crippen molar-refractivity contribution in [2.75, 3.05) is 6.54 Å². The summed E-state index contributed by atoms with van der Waals surface area (Å²) in [5, 5.41) is 0. The van der Waals surface area contributed by atoms with Crippen molar-refractivity contribution in [1.29, 1.82) is 0 Å². The topological polar surface area (TPSA) is 33.2 Å². The normalized spacial score (nSPS) is 13.7. The zero-order valence-corrected chi connectivity index (χ0v) is 10.9. The maximum atomic E-state index is 11.9. The van der Waals surface area contributed by atoms with E-state index in [2.05, 4.69) is 16.8 Å². The molecule has 0 bridgehead atoms. The second kappa shape index (κ2) is 5.68. The van der Waals surface area contributed by atoms with Crippen LogP contribution in [0.25, 0.3) is 0 Å². The number of carbonyl (C=O) groups is 1. The molecule has 3 heteroatoms. The molecule has 1 fully saturated rings. The zero-order chi connectivity index (χ0) is 13.0. The van der Waals surface area contributed by atoms with Crippen molar-refractivity contribution in [3.8, 4) is 11.8 Å². The molecule has 1 heterocycles. The zero-order valence-electron chi connectivity index (χ0n) is 10.9. The highest BCUT2D eigenvalue weighted by atomic mass is 16.2. The summed E-state index contributed by atoms with van der Waals surface area (Å²) in [6.07, 6.45) is 4.30. The van der Waals surface area contributed by atoms with E-state index in [0.29, 0.717) is 12.5 Å². The summed E-state index contributed by atoms with van der Waals surface area (Å²) in [6.45, 7) is 5.08. The van der Waals surface area contributed by atoms with Crippen molar-refractivity contribution >= 4 is 5.91 Å². The Labute approximate surface area is 108 Å². The van der Waals surface area contributed by atoms with Crippen LogP contribution >= 0.6 is 0 Å². The van der Waals surface area contributed by atoms with E-state index in [9.17, 15) is 4.79 Å². The fourth-order valence-corrected chi connectivity index (χ4v) is 1.83. The van der Waals surface area contributed by atoms with Gasteiger partial charge in [0.15, 0.2) is 0 Å². The van der Waals surface area contributed by atoms with E-state index < -0.39 is 0 Å². The first kappa shape index (κ1) is 12.6. The summed E-state index contributed by atoms with van der Waals surface area (Å²) in [5.41, 5.74) is 2.06. The maximum absolute atomic E-state index is 11.9. The highest BCUT2D eigenvalue weighted by molar-refractivity contribution is 5.93. The Morgan fingerprint density at radius 2 is 2.28 bits per heavy atom. The minimum atomic E-state index is -0.0787. The van der Waals surface area contributed by atoms with Crippen LogP contribution in [0.3, 0.4) is 0 Å². The summed E-state index contributed by atoms with van der Waals surface area (Å²) in [6, 6.07) is 4.00. The van der Waals surface area contributed by atoms with E-state index in [1.165, 1.54) is 12.8 Å². The van der Waals surface area contributed by atoms with Gasteiger partial charge in [-0.05, 0) is 50.2 Å². The summed E-state index contributed by atoms with van der Waals surface area (Å²) in [4.78, 5) is 18.0. The van der Waals surface area contributed by atoms with E-state index >= 15 is 0 Å². The van der Waals surface area contributed by atoms with E-state index in [4.69, 9.17) is 0 Å². The lowest BCUT2D eigenvalue weighted by Crippen LogP contribution is -2.31. The molecule has 1 aromatic rings. The molecule has 0 spiro atoms. The van der Waals surface area contributed by atoms with Gasteiger partial charge in [-0.25, -0.2) is 0 Å². The minimum absolute atomic E-state index is 0.0787. The summed E-state index contributed by atoms with van der Waals surface area (Å²) in [5.74, 6) is 5.90. The Morgan fingerprint density at radius 3 is 2.83 bits per heavy atom. The Morgan fingerprint density at radius 1 is 1.50 bits per heavy atom. The number of carbonyl (C=O) groups excluding carboxylic acids is 1. The lowest BCUT2D eigenvalue weighted by atomic mass is 10.2. The number of hydrogen-bond acceptors (Lipinski definition) is 2. The molecule has 1 aliphatic rings. The van der Waals surface area contributed by atoms with Crippen LogP contribution in [0, 0.1) is 24.7 Å². The molecule has 0 aromatic carbocycles. The lowest BCUT2D eigenvalue weighted by molar-refractivity contribution is -0.125. The number of aryl methyl sites for hydroxylation is 1. The molecule has 0 atom stereocenters. The Balaban J connectivity index is 2.05. The predicted octanol–water partition coefficient (Wildman–Crippen LogP) is 2.15. The van der Waals surface area contributed by atoms with Gasteiger partial charge >= 0.3 is 0 Å². The molecular weight excluding hydrogens is 224 g/mol. The van der Waals surface area contributed by atoms with Crippen LogP contribution in [0.15, 0.2) is 18.3 Å². The highest BCUT2D eigenvalue weighted by Gasteiger charge is 2.26. The monoisotopic (exact) mass is 242 g/mol. The molecule has 18 heavy (non-hydrogen) atoms. The average Bonchev–Trinajstić information content (AvgIpc) is 3.15. The number of aromatic nitrogens is 1. The Hall–Kier alpha value is -1.82. The lowest BCUT2D eigenvalue weighted by Gasteiger charge is -2.20. The summed E-state index contributed by atoms with van der Waals surface area (Å²) < 4.78 is 0. The van der Waals surface area contributed by atoms with Crippen molar-refractivity contribution in [1.82, 2.24) is 9.88 Å². The van der Waals surface area contributed by atoms with Crippen LogP contribution in [0.2, 0.25) is 0 Å². The van der Waals surface area contributed by atoms with Crippen molar-refractivity contribution in [3.05, 3.63) is 29.6 Å². The van der Waals surface area contributed by atoms with Crippen LogP contribution in [-0.2, 0) is 11.3 Å². The molecule has 0 unspecified atom stereocenters. The molecule has 1 amide bonds. The molecule has 1 aliphatic carbocycles. The number of amides is 1. The van der Waals surface area contributed by atoms with Crippen LogP contribution in [0.4, 0.5) is 0 Å². The van der Waals surface area contributed by atoms with Gasteiger partial charge in [0.2, 0.25) is 0 Å². The third-order valence-electron chi connectivity index (χ3n) is 3.04. The van der Waals surface area contributed by atoms with E-state index in [-0.39, 0.29) is 5.91 Å². The summed E-state index contributed by atoms with van der Waals surface area (Å²) in [7, 11) is 0. The van der Waals surface area contributed by atoms with Crippen LogP contribution in [0.5, 0.6) is 0 Å². The third kappa shape index (κ3) is 3.59. The second-order valence-corrected chi connectivity index (χ2v) is 4.81. The van der Waals surface area contributed by atoms with Gasteiger partial charge in [0, 0.05) is 25.0 Å². The van der Waals surface area contributed by atoms with Gasteiger partial charge < -0.3 is 4.90 Å². The first-order chi connectivity index (χ1) is 8.69. The predicted molar refractivity (Wildman–Crippen MR) is 70.6 cm³/mol. The SMILES string of the molecule is CC#CC(=O)N(Cc1ccc(C)nc1)CC1CC1. The van der Waals surface area contributed by atoms with Gasteiger partial charge in [0.25, 0.3) is 5.91 Å². The average molecular weight is 242 g/mol. The van der Waals surface area contributed by atoms with Crippen LogP contribution in [0.1, 0.15) is 31.0 Å². The van der Waals surface area contributed by atoms with Crippen molar-refractivity contribution < 1.29 is 4.79 Å². The molecule has 1 saturated carbocycles. The molecular formula is C15H18N2O. The molecule has 1 aromatic heterocycles. The van der Waals surface area contributed by atoms with Gasteiger partial charge in [0.05, 0.1) is 0 Å². The summed E-state index contributed by atoms with van der Waals surface area (Å²) >= 11 is 0. The van der Waals surface area contributed by atoms with E-state index in [0.717, 1.165) is 17.8 Å². The van der Waals surface area contributed by atoms with Gasteiger partial charge in [-0.3, -0.25) is 9.78 Å². The second-order valence-electron chi connectivity index (χ2n) is 4.81. The fourth-order valence-electron chi connectivity index (χ4n) is 1.83. The van der Waals surface area contributed by atoms with Crippen molar-refractivity contribution in [2.24, 2.45) is 5.92 Å². The van der Waals surface area contributed by atoms with Crippen molar-refractivity contribution in [3.63, 3.8) is 0 Å². The molecule has 0 aliphatic heterocycles. The van der Waals surface area contributed by atoms with Gasteiger partial charge in [-0.2, -0.15) is 0 Å². The number of rotatable bonds is 4. The first-order valence-electron chi connectivity index (χ1n) is 6.32.